The maximum absolute atomic E-state index is 16.0. The van der Waals surface area contributed by atoms with Crippen LogP contribution in [0.15, 0.2) is 46.8 Å². The molecule has 2 aliphatic rings. The number of allylic oxidation sites excluding steroid dienone is 4. The molecule has 230 valence electrons. The first-order valence-electron chi connectivity index (χ1n) is 14.8. The van der Waals surface area contributed by atoms with E-state index in [-0.39, 0.29) is 45.4 Å². The Morgan fingerprint density at radius 1 is 1.14 bits per heavy atom. The van der Waals surface area contributed by atoms with Crippen molar-refractivity contribution in [1.82, 2.24) is 9.97 Å². The van der Waals surface area contributed by atoms with Crippen LogP contribution in [0.5, 0.6) is 0 Å². The van der Waals surface area contributed by atoms with Gasteiger partial charge in [0.2, 0.25) is 5.95 Å². The highest BCUT2D eigenvalue weighted by Crippen LogP contribution is 2.42. The monoisotopic (exact) mass is 599 g/mol. The quantitative estimate of drug-likeness (QED) is 0.250. The SMILES string of the molecule is C=C(N)SC(=C(\C#N)C(=C)c1c2c(c3cnc(N4CCCC4)nc3c1F)COC2)/C(F)=C\C.CC.CCC.CCCC. The average molecular weight is 600 g/mol. The van der Waals surface area contributed by atoms with Crippen LogP contribution >= 0.6 is 11.8 Å². The molecule has 42 heavy (non-hydrogen) atoms. The van der Waals surface area contributed by atoms with E-state index in [1.807, 2.05) is 24.8 Å². The number of nitrogens with two attached hydrogens (primary N) is 1. The van der Waals surface area contributed by atoms with Gasteiger partial charge in [-0.2, -0.15) is 5.26 Å². The molecular weight excluding hydrogens is 552 g/mol. The van der Waals surface area contributed by atoms with Crippen molar-refractivity contribution in [2.75, 3.05) is 18.0 Å². The van der Waals surface area contributed by atoms with E-state index in [2.05, 4.69) is 50.8 Å². The van der Waals surface area contributed by atoms with Gasteiger partial charge in [0.15, 0.2) is 5.82 Å². The first-order valence-corrected chi connectivity index (χ1v) is 15.6. The maximum Gasteiger partial charge on any atom is 0.225 e. The number of hydrogen-bond donors (Lipinski definition) is 1. The molecule has 3 heterocycles. The minimum absolute atomic E-state index is 0.0423. The predicted molar refractivity (Wildman–Crippen MR) is 175 cm³/mol. The van der Waals surface area contributed by atoms with E-state index in [4.69, 9.17) is 10.5 Å². The predicted octanol–water partition coefficient (Wildman–Crippen LogP) is 9.48. The van der Waals surface area contributed by atoms with Crippen molar-refractivity contribution in [2.45, 2.75) is 93.8 Å². The van der Waals surface area contributed by atoms with Crippen molar-refractivity contribution in [3.05, 3.63) is 69.3 Å². The lowest BCUT2D eigenvalue weighted by molar-refractivity contribution is 0.134. The summed E-state index contributed by atoms with van der Waals surface area (Å²) in [5.41, 5.74) is 7.14. The molecule has 0 radical (unpaired) electrons. The number of unbranched alkanes of at least 4 members (excludes halogenated alkanes) is 1. The lowest BCUT2D eigenvalue weighted by Gasteiger charge is -2.18. The Balaban J connectivity index is 0.000000873. The van der Waals surface area contributed by atoms with Gasteiger partial charge in [0.25, 0.3) is 0 Å². The van der Waals surface area contributed by atoms with E-state index in [9.17, 15) is 9.65 Å². The third-order valence-electron chi connectivity index (χ3n) is 6.22. The summed E-state index contributed by atoms with van der Waals surface area (Å²) in [5, 5.41) is 10.6. The van der Waals surface area contributed by atoms with E-state index in [1.54, 1.807) is 6.20 Å². The highest BCUT2D eigenvalue weighted by Gasteiger charge is 2.29. The molecule has 1 aromatic heterocycles. The molecule has 1 fully saturated rings. The molecule has 0 bridgehead atoms. The summed E-state index contributed by atoms with van der Waals surface area (Å²) in [6, 6.07) is 1.98. The Morgan fingerprint density at radius 2 is 1.71 bits per heavy atom. The van der Waals surface area contributed by atoms with Crippen molar-refractivity contribution in [3.63, 3.8) is 0 Å². The van der Waals surface area contributed by atoms with Gasteiger partial charge in [-0.3, -0.25) is 0 Å². The van der Waals surface area contributed by atoms with Gasteiger partial charge in [0.1, 0.15) is 17.4 Å². The minimum Gasteiger partial charge on any atom is -0.394 e. The molecule has 0 saturated carbocycles. The largest absolute Gasteiger partial charge is 0.394 e. The Morgan fingerprint density at radius 3 is 2.21 bits per heavy atom. The molecule has 0 amide bonds. The molecular formula is C33H47F2N5OS. The van der Waals surface area contributed by atoms with Gasteiger partial charge in [0, 0.05) is 30.2 Å². The Hall–Kier alpha value is -3.22. The van der Waals surface area contributed by atoms with Crippen LogP contribution in [-0.4, -0.2) is 23.1 Å². The summed E-state index contributed by atoms with van der Waals surface area (Å²) in [4.78, 5) is 10.9. The molecule has 2 aliphatic heterocycles. The standard InChI is InChI=1S/C24H23F2N5OS.C4H10.C3H8.C2H6/c1-4-19(25)23(33-14(3)28)15(9-27)13(2)20-18-12-32-11-17(18)16-10-29-24(30-22(16)21(20)26)31-7-5-6-8-31;1-3-4-2;1-3-2;1-2/h4,10H,2-3,5-8,11-12,28H2,1H3;3-4H2,1-2H3;3H2,1-2H3;1-2H3/b19-4+,23-15+;;;. The fourth-order valence-corrected chi connectivity index (χ4v) is 4.90. The van der Waals surface area contributed by atoms with Crippen molar-refractivity contribution >= 4 is 34.2 Å². The van der Waals surface area contributed by atoms with Gasteiger partial charge >= 0.3 is 0 Å². The molecule has 1 aromatic carbocycles. The number of halogens is 2. The van der Waals surface area contributed by atoms with Crippen LogP contribution in [0.1, 0.15) is 97.3 Å². The van der Waals surface area contributed by atoms with Crippen LogP contribution in [0.3, 0.4) is 0 Å². The highest BCUT2D eigenvalue weighted by atomic mass is 32.2. The molecule has 0 atom stereocenters. The average Bonchev–Trinajstić information content (AvgIpc) is 3.71. The second kappa shape index (κ2) is 19.1. The van der Waals surface area contributed by atoms with Crippen LogP contribution in [0, 0.1) is 17.1 Å². The summed E-state index contributed by atoms with van der Waals surface area (Å²) in [7, 11) is 0. The number of thioether (sulfide) groups is 1. The number of ether oxygens (including phenoxy) is 1. The molecule has 1 saturated heterocycles. The number of nitrogens with zero attached hydrogens (tertiary/aromatic N) is 4. The summed E-state index contributed by atoms with van der Waals surface area (Å²) in [6.07, 6.45) is 8.78. The number of hydrogen-bond acceptors (Lipinski definition) is 7. The van der Waals surface area contributed by atoms with Gasteiger partial charge in [-0.1, -0.05) is 91.8 Å². The number of aromatic nitrogens is 2. The number of fused-ring (bicyclic) bond motifs is 3. The minimum atomic E-state index is -0.669. The zero-order chi connectivity index (χ0) is 31.8. The fraction of sp³-hybridized carbons (Fsp3) is 0.485. The van der Waals surface area contributed by atoms with Crippen LogP contribution < -0.4 is 10.6 Å². The first kappa shape index (κ1) is 36.8. The molecule has 0 unspecified atom stereocenters. The summed E-state index contributed by atoms with van der Waals surface area (Å²) in [6.45, 7) is 23.7. The van der Waals surface area contributed by atoms with Gasteiger partial charge < -0.3 is 15.4 Å². The molecule has 0 spiro atoms. The summed E-state index contributed by atoms with van der Waals surface area (Å²) < 4.78 is 36.3. The Labute approximate surface area is 255 Å². The number of rotatable bonds is 7. The topological polar surface area (TPSA) is 88.1 Å². The number of benzene rings is 1. The van der Waals surface area contributed by atoms with Crippen molar-refractivity contribution < 1.29 is 13.5 Å². The number of anilines is 1. The van der Waals surface area contributed by atoms with Gasteiger partial charge in [-0.05, 0) is 36.5 Å². The smallest absolute Gasteiger partial charge is 0.225 e. The van der Waals surface area contributed by atoms with E-state index in [1.165, 1.54) is 32.3 Å². The molecule has 4 rings (SSSR count). The zero-order valence-electron chi connectivity index (χ0n) is 26.4. The molecule has 2 aromatic rings. The number of nitriles is 1. The van der Waals surface area contributed by atoms with E-state index in [0.717, 1.165) is 43.3 Å². The normalized spacial score (nSPS) is 14.3. The van der Waals surface area contributed by atoms with Gasteiger partial charge in [0.05, 0.1) is 28.7 Å². The van der Waals surface area contributed by atoms with Crippen LogP contribution in [0.2, 0.25) is 0 Å². The van der Waals surface area contributed by atoms with Crippen LogP contribution in [-0.2, 0) is 18.0 Å². The molecule has 2 N–H and O–H groups in total. The Kier molecular flexibility index (Phi) is 16.7. The van der Waals surface area contributed by atoms with Crippen molar-refractivity contribution in [1.29, 1.82) is 5.26 Å². The molecule has 9 heteroatoms. The maximum atomic E-state index is 16.0. The van der Waals surface area contributed by atoms with Gasteiger partial charge in [-0.25, -0.2) is 18.7 Å². The van der Waals surface area contributed by atoms with Crippen molar-refractivity contribution in [2.24, 2.45) is 5.73 Å². The first-order chi connectivity index (χ1) is 20.2. The molecule has 0 aliphatic carbocycles. The zero-order valence-corrected chi connectivity index (χ0v) is 27.2. The fourth-order valence-electron chi connectivity index (χ4n) is 4.15. The summed E-state index contributed by atoms with van der Waals surface area (Å²) >= 11 is 0.800. The summed E-state index contributed by atoms with van der Waals surface area (Å²) in [5.74, 6) is -0.843. The third kappa shape index (κ3) is 9.14. The second-order valence-electron chi connectivity index (χ2n) is 9.47. The second-order valence-corrected chi connectivity index (χ2v) is 10.6. The third-order valence-corrected chi connectivity index (χ3v) is 7.09. The highest BCUT2D eigenvalue weighted by molar-refractivity contribution is 8.06. The lowest BCUT2D eigenvalue weighted by Crippen LogP contribution is -2.20. The van der Waals surface area contributed by atoms with E-state index < -0.39 is 11.6 Å². The Bertz CT molecular complexity index is 1320. The van der Waals surface area contributed by atoms with E-state index >= 15 is 4.39 Å². The molecule has 6 nitrogen and oxygen atoms in total. The van der Waals surface area contributed by atoms with Gasteiger partial charge in [-0.15, -0.1) is 0 Å². The van der Waals surface area contributed by atoms with E-state index in [0.29, 0.717) is 16.9 Å². The lowest BCUT2D eigenvalue weighted by atomic mass is 9.90. The van der Waals surface area contributed by atoms with Crippen LogP contribution in [0.25, 0.3) is 16.5 Å². The van der Waals surface area contributed by atoms with Crippen molar-refractivity contribution in [3.8, 4) is 6.07 Å². The van der Waals surface area contributed by atoms with Crippen LogP contribution in [0.4, 0.5) is 14.7 Å².